The minimum Gasteiger partial charge on any atom is -0.354 e. The van der Waals surface area contributed by atoms with Crippen LogP contribution in [0.4, 0.5) is 0 Å². The maximum Gasteiger partial charge on any atom is 0.241 e. The Labute approximate surface area is 134 Å². The maximum atomic E-state index is 12.1. The van der Waals surface area contributed by atoms with E-state index < -0.39 is 6.04 Å². The van der Waals surface area contributed by atoms with Crippen molar-refractivity contribution in [3.8, 4) is 0 Å². The predicted molar refractivity (Wildman–Crippen MR) is 88.6 cm³/mol. The molecule has 3 aromatic rings. The van der Waals surface area contributed by atoms with E-state index >= 15 is 0 Å². The molecule has 1 atom stereocenters. The zero-order valence-corrected chi connectivity index (χ0v) is 12.9. The molecule has 2 aromatic heterocycles. The Morgan fingerprint density at radius 2 is 2.17 bits per heavy atom. The molecule has 0 fully saturated rings. The quantitative estimate of drug-likeness (QED) is 0.744. The van der Waals surface area contributed by atoms with E-state index in [-0.39, 0.29) is 5.91 Å². The smallest absolute Gasteiger partial charge is 0.241 e. The van der Waals surface area contributed by atoms with Gasteiger partial charge in [0.1, 0.15) is 6.04 Å². The number of rotatable bonds is 5. The Morgan fingerprint density at radius 1 is 1.35 bits per heavy atom. The molecule has 6 heteroatoms. The highest BCUT2D eigenvalue weighted by Gasteiger charge is 2.16. The van der Waals surface area contributed by atoms with Gasteiger partial charge in [-0.3, -0.25) is 14.5 Å². The van der Waals surface area contributed by atoms with Gasteiger partial charge in [0.05, 0.1) is 11.7 Å². The van der Waals surface area contributed by atoms with Crippen LogP contribution in [0.25, 0.3) is 10.9 Å². The van der Waals surface area contributed by atoms with Crippen LogP contribution in [0, 0.1) is 0 Å². The molecule has 23 heavy (non-hydrogen) atoms. The summed E-state index contributed by atoms with van der Waals surface area (Å²) in [4.78, 5) is 16.5. The fraction of sp³-hybridized carbons (Fsp3) is 0.235. The minimum absolute atomic E-state index is 0.202. The number of carbonyl (C=O) groups is 1. The van der Waals surface area contributed by atoms with E-state index in [1.54, 1.807) is 24.1 Å². The lowest BCUT2D eigenvalue weighted by Crippen LogP contribution is -2.35. The Balaban J connectivity index is 1.56. The molecule has 0 aliphatic heterocycles. The average Bonchev–Trinajstić information content (AvgIpc) is 3.00. The second-order valence-electron chi connectivity index (χ2n) is 5.50. The van der Waals surface area contributed by atoms with Crippen molar-refractivity contribution in [2.24, 2.45) is 12.8 Å². The molecular formula is C17H19N5O. The van der Waals surface area contributed by atoms with E-state index in [0.29, 0.717) is 18.5 Å². The van der Waals surface area contributed by atoms with Crippen LogP contribution in [0.1, 0.15) is 17.2 Å². The van der Waals surface area contributed by atoms with Gasteiger partial charge in [0.25, 0.3) is 0 Å². The van der Waals surface area contributed by atoms with E-state index in [9.17, 15) is 4.79 Å². The number of nitrogens with zero attached hydrogens (tertiary/aromatic N) is 3. The summed E-state index contributed by atoms with van der Waals surface area (Å²) in [5, 5.41) is 7.98. The molecule has 3 rings (SSSR count). The first-order chi connectivity index (χ1) is 11.1. The first-order valence-corrected chi connectivity index (χ1v) is 7.49. The molecule has 1 unspecified atom stereocenters. The van der Waals surface area contributed by atoms with E-state index in [0.717, 1.165) is 16.5 Å². The molecule has 1 aromatic carbocycles. The topological polar surface area (TPSA) is 85.8 Å². The summed E-state index contributed by atoms with van der Waals surface area (Å²) in [6, 6.07) is 9.36. The molecule has 3 N–H and O–H groups in total. The van der Waals surface area contributed by atoms with E-state index in [4.69, 9.17) is 5.73 Å². The summed E-state index contributed by atoms with van der Waals surface area (Å²) in [6.45, 7) is 0.521. The van der Waals surface area contributed by atoms with Crippen LogP contribution < -0.4 is 11.1 Å². The van der Waals surface area contributed by atoms with E-state index in [2.05, 4.69) is 21.5 Å². The minimum atomic E-state index is -0.696. The average molecular weight is 309 g/mol. The number of para-hydroxylation sites is 1. The predicted octanol–water partition coefficient (Wildman–Crippen LogP) is 1.33. The molecule has 0 aliphatic carbocycles. The number of aryl methyl sites for hydroxylation is 1. The highest BCUT2D eigenvalue weighted by Crippen LogP contribution is 2.13. The van der Waals surface area contributed by atoms with Gasteiger partial charge in [-0.2, -0.15) is 5.10 Å². The number of hydrogen-bond acceptors (Lipinski definition) is 4. The second-order valence-corrected chi connectivity index (χ2v) is 5.50. The molecule has 0 saturated carbocycles. The number of nitrogens with two attached hydrogens (primary N) is 1. The monoisotopic (exact) mass is 309 g/mol. The molecule has 118 valence electrons. The van der Waals surface area contributed by atoms with Crippen LogP contribution in [0.5, 0.6) is 0 Å². The highest BCUT2D eigenvalue weighted by molar-refractivity contribution is 5.82. The highest BCUT2D eigenvalue weighted by atomic mass is 16.2. The van der Waals surface area contributed by atoms with Gasteiger partial charge in [0.15, 0.2) is 0 Å². The van der Waals surface area contributed by atoms with Crippen molar-refractivity contribution in [1.29, 1.82) is 0 Å². The van der Waals surface area contributed by atoms with Crippen LogP contribution in [-0.2, 0) is 18.3 Å². The third kappa shape index (κ3) is 3.54. The van der Waals surface area contributed by atoms with Crippen molar-refractivity contribution < 1.29 is 4.79 Å². The number of carbonyl (C=O) groups excluding carboxylic acids is 1. The van der Waals surface area contributed by atoms with Crippen molar-refractivity contribution in [3.63, 3.8) is 0 Å². The molecule has 1 amide bonds. The van der Waals surface area contributed by atoms with Crippen LogP contribution in [-0.4, -0.2) is 27.2 Å². The maximum absolute atomic E-state index is 12.1. The van der Waals surface area contributed by atoms with Crippen LogP contribution in [0.2, 0.25) is 0 Å². The van der Waals surface area contributed by atoms with Gasteiger partial charge in [-0.25, -0.2) is 0 Å². The summed E-state index contributed by atoms with van der Waals surface area (Å²) in [5.74, 6) is -0.202. The van der Waals surface area contributed by atoms with Crippen LogP contribution >= 0.6 is 0 Å². The fourth-order valence-electron chi connectivity index (χ4n) is 2.45. The Bertz CT molecular complexity index is 826. The van der Waals surface area contributed by atoms with Gasteiger partial charge in [-0.05, 0) is 24.1 Å². The van der Waals surface area contributed by atoms with Crippen molar-refractivity contribution in [2.45, 2.75) is 12.5 Å². The SMILES string of the molecule is Cn1cc(C(N)C(=O)NCCc2cnc3ccccc3c2)cn1. The number of nitrogens with one attached hydrogen (secondary N) is 1. The first-order valence-electron chi connectivity index (χ1n) is 7.49. The van der Waals surface area contributed by atoms with Crippen LogP contribution in [0.3, 0.4) is 0 Å². The van der Waals surface area contributed by atoms with Gasteiger partial charge in [0.2, 0.25) is 5.91 Å². The third-order valence-corrected chi connectivity index (χ3v) is 3.73. The van der Waals surface area contributed by atoms with Crippen molar-refractivity contribution >= 4 is 16.8 Å². The number of pyridine rings is 1. The summed E-state index contributed by atoms with van der Waals surface area (Å²) >= 11 is 0. The van der Waals surface area contributed by atoms with Crippen molar-refractivity contribution in [2.75, 3.05) is 6.54 Å². The standard InChI is InChI=1S/C17H19N5O/c1-22-11-14(10-21-22)16(18)17(23)19-7-6-12-8-13-4-2-3-5-15(13)20-9-12/h2-5,8-11,16H,6-7,18H2,1H3,(H,19,23). The summed E-state index contributed by atoms with van der Waals surface area (Å²) < 4.78 is 1.63. The summed E-state index contributed by atoms with van der Waals surface area (Å²) in [7, 11) is 1.79. The largest absolute Gasteiger partial charge is 0.354 e. The molecule has 2 heterocycles. The normalized spacial score (nSPS) is 12.3. The number of hydrogen-bond donors (Lipinski definition) is 2. The van der Waals surface area contributed by atoms with Crippen molar-refractivity contribution in [1.82, 2.24) is 20.1 Å². The van der Waals surface area contributed by atoms with Gasteiger partial charge in [-0.15, -0.1) is 0 Å². The molecule has 0 spiro atoms. The van der Waals surface area contributed by atoms with Gasteiger partial charge >= 0.3 is 0 Å². The van der Waals surface area contributed by atoms with Crippen LogP contribution in [0.15, 0.2) is 48.9 Å². The molecule has 0 radical (unpaired) electrons. The Hall–Kier alpha value is -2.73. The van der Waals surface area contributed by atoms with E-state index in [1.165, 1.54) is 0 Å². The fourth-order valence-corrected chi connectivity index (χ4v) is 2.45. The lowest BCUT2D eigenvalue weighted by atomic mass is 10.1. The zero-order valence-electron chi connectivity index (χ0n) is 12.9. The first kappa shape index (κ1) is 15.2. The third-order valence-electron chi connectivity index (χ3n) is 3.73. The van der Waals surface area contributed by atoms with Gasteiger partial charge < -0.3 is 11.1 Å². The summed E-state index contributed by atoms with van der Waals surface area (Å²) in [6.07, 6.45) is 5.91. The second kappa shape index (κ2) is 6.58. The van der Waals surface area contributed by atoms with E-state index in [1.807, 2.05) is 30.5 Å². The molecule has 0 bridgehead atoms. The molecular weight excluding hydrogens is 290 g/mol. The number of amides is 1. The molecule has 0 aliphatic rings. The number of aromatic nitrogens is 3. The Kier molecular flexibility index (Phi) is 4.34. The van der Waals surface area contributed by atoms with Gasteiger partial charge in [0, 0.05) is 36.9 Å². The number of benzene rings is 1. The number of fused-ring (bicyclic) bond motifs is 1. The lowest BCUT2D eigenvalue weighted by molar-refractivity contribution is -0.122. The Morgan fingerprint density at radius 3 is 2.96 bits per heavy atom. The molecule has 6 nitrogen and oxygen atoms in total. The zero-order chi connectivity index (χ0) is 16.2. The van der Waals surface area contributed by atoms with Gasteiger partial charge in [-0.1, -0.05) is 18.2 Å². The summed E-state index contributed by atoms with van der Waals surface area (Å²) in [5.41, 5.74) is 8.69. The van der Waals surface area contributed by atoms with Crippen molar-refractivity contribution in [3.05, 3.63) is 60.0 Å². The lowest BCUT2D eigenvalue weighted by Gasteiger charge is -2.10. The molecule has 0 saturated heterocycles.